The van der Waals surface area contributed by atoms with Crippen LogP contribution in [0.4, 0.5) is 20.9 Å². The van der Waals surface area contributed by atoms with E-state index in [0.29, 0.717) is 10.8 Å². The largest absolute Gasteiger partial charge is 0.322 e. The van der Waals surface area contributed by atoms with Crippen LogP contribution in [0.15, 0.2) is 53.9 Å². The summed E-state index contributed by atoms with van der Waals surface area (Å²) in [6, 6.07) is 12.0. The Labute approximate surface area is 185 Å². The molecule has 1 N–H and O–H groups in total. The normalized spacial score (nSPS) is 11.2. The van der Waals surface area contributed by atoms with Crippen LogP contribution in [-0.4, -0.2) is 16.8 Å². The summed E-state index contributed by atoms with van der Waals surface area (Å²) in [4.78, 5) is 30.2. The van der Waals surface area contributed by atoms with Crippen molar-refractivity contribution >= 4 is 45.7 Å². The third-order valence-electron chi connectivity index (χ3n) is 4.69. The van der Waals surface area contributed by atoms with Crippen LogP contribution in [-0.2, 0) is 9.59 Å². The van der Waals surface area contributed by atoms with Crippen LogP contribution in [0, 0.1) is 12.7 Å². The Morgan fingerprint density at radius 1 is 1.16 bits per heavy atom. The Morgan fingerprint density at radius 2 is 1.90 bits per heavy atom. The van der Waals surface area contributed by atoms with E-state index >= 15 is 0 Å². The second-order valence-electron chi connectivity index (χ2n) is 7.38. The lowest BCUT2D eigenvalue weighted by atomic mass is 9.98. The molecule has 2 amide bonds. The zero-order chi connectivity index (χ0) is 22.5. The van der Waals surface area contributed by atoms with Gasteiger partial charge >= 0.3 is 0 Å². The van der Waals surface area contributed by atoms with Gasteiger partial charge in [0.15, 0.2) is 5.13 Å². The number of hydrogen-bond acceptors (Lipinski definition) is 4. The van der Waals surface area contributed by atoms with E-state index in [4.69, 9.17) is 0 Å². The van der Waals surface area contributed by atoms with E-state index in [0.717, 1.165) is 16.8 Å². The van der Waals surface area contributed by atoms with Crippen molar-refractivity contribution in [2.75, 3.05) is 10.2 Å². The number of nitrogens with one attached hydrogen (secondary N) is 1. The number of carbonyl (C=O) groups is 2. The molecule has 1 heterocycles. The number of amides is 2. The summed E-state index contributed by atoms with van der Waals surface area (Å²) in [5.74, 6) is -0.864. The molecule has 1 aromatic heterocycles. The average molecular weight is 438 g/mol. The van der Waals surface area contributed by atoms with Crippen LogP contribution in [0.5, 0.6) is 0 Å². The molecular weight excluding hydrogens is 413 g/mol. The minimum absolute atomic E-state index is 0.137. The molecule has 0 radical (unpaired) electrons. The van der Waals surface area contributed by atoms with Gasteiger partial charge in [0.2, 0.25) is 11.8 Å². The molecule has 0 aliphatic rings. The number of carbonyl (C=O) groups excluding carboxylic acids is 2. The van der Waals surface area contributed by atoms with Crippen LogP contribution in [0.25, 0.3) is 6.08 Å². The number of para-hydroxylation sites is 2. The molecule has 31 heavy (non-hydrogen) atoms. The van der Waals surface area contributed by atoms with Crippen LogP contribution in [0.2, 0.25) is 0 Å². The fourth-order valence-corrected chi connectivity index (χ4v) is 4.01. The first-order chi connectivity index (χ1) is 14.8. The minimum Gasteiger partial charge on any atom is -0.322 e. The first-order valence-corrected chi connectivity index (χ1v) is 10.7. The molecule has 0 saturated carbocycles. The van der Waals surface area contributed by atoms with E-state index in [2.05, 4.69) is 24.1 Å². The van der Waals surface area contributed by atoms with Gasteiger partial charge in [-0.25, -0.2) is 9.37 Å². The molecule has 0 atom stereocenters. The number of rotatable bonds is 6. The van der Waals surface area contributed by atoms with Crippen molar-refractivity contribution in [2.24, 2.45) is 0 Å². The van der Waals surface area contributed by atoms with Gasteiger partial charge in [-0.15, -0.1) is 11.3 Å². The summed E-state index contributed by atoms with van der Waals surface area (Å²) in [7, 11) is 0. The molecule has 0 aliphatic carbocycles. The summed E-state index contributed by atoms with van der Waals surface area (Å²) >= 11 is 1.20. The fraction of sp³-hybridized carbons (Fsp3) is 0.208. The number of aryl methyl sites for hydroxylation is 1. The Bertz CT molecular complexity index is 1140. The van der Waals surface area contributed by atoms with Gasteiger partial charge in [-0.2, -0.15) is 0 Å². The lowest BCUT2D eigenvalue weighted by Crippen LogP contribution is -2.23. The molecular formula is C24H24FN3O2S. The van der Waals surface area contributed by atoms with Crippen LogP contribution in [0.1, 0.15) is 43.5 Å². The molecule has 0 aliphatic heterocycles. The van der Waals surface area contributed by atoms with Crippen molar-refractivity contribution < 1.29 is 14.0 Å². The summed E-state index contributed by atoms with van der Waals surface area (Å²) in [5.41, 5.74) is 3.52. The number of thiazole rings is 1. The van der Waals surface area contributed by atoms with Crippen molar-refractivity contribution in [3.63, 3.8) is 0 Å². The highest BCUT2D eigenvalue weighted by Crippen LogP contribution is 2.31. The van der Waals surface area contributed by atoms with Crippen molar-refractivity contribution in [3.05, 3.63) is 76.6 Å². The molecule has 160 valence electrons. The van der Waals surface area contributed by atoms with Gasteiger partial charge in [0.1, 0.15) is 5.82 Å². The summed E-state index contributed by atoms with van der Waals surface area (Å²) < 4.78 is 14.2. The highest BCUT2D eigenvalue weighted by atomic mass is 32.1. The minimum atomic E-state index is -0.511. The summed E-state index contributed by atoms with van der Waals surface area (Å²) in [6.07, 6.45) is 2.97. The molecule has 0 spiro atoms. The molecule has 7 heteroatoms. The van der Waals surface area contributed by atoms with Crippen LogP contribution in [0.3, 0.4) is 0 Å². The predicted octanol–water partition coefficient (Wildman–Crippen LogP) is 6.05. The highest BCUT2D eigenvalue weighted by Gasteiger charge is 2.20. The lowest BCUT2D eigenvalue weighted by molar-refractivity contribution is -0.116. The van der Waals surface area contributed by atoms with E-state index in [1.165, 1.54) is 41.4 Å². The van der Waals surface area contributed by atoms with Gasteiger partial charge in [0, 0.05) is 24.1 Å². The molecule has 3 aromatic rings. The topological polar surface area (TPSA) is 62.3 Å². The molecule has 0 saturated heterocycles. The van der Waals surface area contributed by atoms with Gasteiger partial charge in [-0.1, -0.05) is 44.2 Å². The molecule has 3 rings (SSSR count). The maximum Gasteiger partial charge on any atom is 0.248 e. The first kappa shape index (κ1) is 22.4. The Morgan fingerprint density at radius 3 is 2.58 bits per heavy atom. The van der Waals surface area contributed by atoms with Crippen molar-refractivity contribution in [1.29, 1.82) is 0 Å². The van der Waals surface area contributed by atoms with Crippen molar-refractivity contribution in [2.45, 2.75) is 33.6 Å². The standard InChI is InChI=1S/C24H24FN3O2S/c1-15(2)19-9-7-8-16(3)23(19)27-22(30)13-12-18-14-31-24(26-18)28(17(4)29)21-11-6-5-10-20(21)25/h5-15H,1-4H3,(H,27,30)/b13-12+. The lowest BCUT2D eigenvalue weighted by Gasteiger charge is -2.18. The monoisotopic (exact) mass is 437 g/mol. The Balaban J connectivity index is 1.79. The average Bonchev–Trinajstić information content (AvgIpc) is 3.17. The Kier molecular flexibility index (Phi) is 6.97. The molecule has 0 fully saturated rings. The van der Waals surface area contributed by atoms with E-state index in [-0.39, 0.29) is 23.4 Å². The zero-order valence-corrected chi connectivity index (χ0v) is 18.7. The van der Waals surface area contributed by atoms with E-state index in [1.807, 2.05) is 25.1 Å². The highest BCUT2D eigenvalue weighted by molar-refractivity contribution is 7.14. The number of anilines is 3. The predicted molar refractivity (Wildman–Crippen MR) is 124 cm³/mol. The number of aromatic nitrogens is 1. The first-order valence-electron chi connectivity index (χ1n) is 9.87. The second-order valence-corrected chi connectivity index (χ2v) is 8.21. The maximum atomic E-state index is 14.2. The maximum absolute atomic E-state index is 14.2. The zero-order valence-electron chi connectivity index (χ0n) is 17.8. The Hall–Kier alpha value is -3.32. The number of nitrogens with zero attached hydrogens (tertiary/aromatic N) is 2. The third-order valence-corrected chi connectivity index (χ3v) is 5.53. The number of benzene rings is 2. The van der Waals surface area contributed by atoms with Crippen molar-refractivity contribution in [1.82, 2.24) is 4.98 Å². The van der Waals surface area contributed by atoms with Crippen molar-refractivity contribution in [3.8, 4) is 0 Å². The smallest absolute Gasteiger partial charge is 0.248 e. The van der Waals surface area contributed by atoms with Crippen LogP contribution >= 0.6 is 11.3 Å². The third kappa shape index (κ3) is 5.24. The molecule has 0 bridgehead atoms. The van der Waals surface area contributed by atoms with E-state index in [1.54, 1.807) is 23.6 Å². The van der Waals surface area contributed by atoms with Gasteiger partial charge in [0.05, 0.1) is 11.4 Å². The van der Waals surface area contributed by atoms with Gasteiger partial charge < -0.3 is 5.32 Å². The number of hydrogen-bond donors (Lipinski definition) is 1. The number of halogens is 1. The summed E-state index contributed by atoms with van der Waals surface area (Å²) in [5, 5.41) is 4.99. The summed E-state index contributed by atoms with van der Waals surface area (Å²) in [6.45, 7) is 7.46. The van der Waals surface area contributed by atoms with Gasteiger partial charge in [0.25, 0.3) is 0 Å². The SMILES string of the molecule is CC(=O)N(c1nc(/C=C/C(=O)Nc2c(C)cccc2C(C)C)cs1)c1ccccc1F. The van der Waals surface area contributed by atoms with Crippen LogP contribution < -0.4 is 10.2 Å². The fourth-order valence-electron chi connectivity index (χ4n) is 3.16. The van der Waals surface area contributed by atoms with E-state index < -0.39 is 5.82 Å². The van der Waals surface area contributed by atoms with E-state index in [9.17, 15) is 14.0 Å². The van der Waals surface area contributed by atoms with Gasteiger partial charge in [-0.3, -0.25) is 14.5 Å². The quantitative estimate of drug-likeness (QED) is 0.478. The molecule has 0 unspecified atom stereocenters. The molecule has 5 nitrogen and oxygen atoms in total. The molecule has 2 aromatic carbocycles. The second kappa shape index (κ2) is 9.66. The van der Waals surface area contributed by atoms with Gasteiger partial charge in [-0.05, 0) is 42.2 Å².